The fourth-order valence-corrected chi connectivity index (χ4v) is 9.49. The van der Waals surface area contributed by atoms with Crippen molar-refractivity contribution in [3.05, 3.63) is 200 Å². The van der Waals surface area contributed by atoms with E-state index in [-0.39, 0.29) is 6.71 Å². The van der Waals surface area contributed by atoms with E-state index in [1.807, 2.05) is 0 Å². The largest absolute Gasteiger partial charge is 0.311 e. The molecular formula is C52H33BN2. The summed E-state index contributed by atoms with van der Waals surface area (Å²) in [5.74, 6) is 0. The molecule has 254 valence electrons. The summed E-state index contributed by atoms with van der Waals surface area (Å²) in [6, 6.07) is 74.3. The number of nitrogens with zero attached hydrogens (tertiary/aromatic N) is 2. The lowest BCUT2D eigenvalue weighted by molar-refractivity contribution is 1.27. The zero-order valence-electron chi connectivity index (χ0n) is 30.0. The van der Waals surface area contributed by atoms with Crippen LogP contribution in [0.2, 0.25) is 0 Å². The first-order valence-electron chi connectivity index (χ1n) is 19.1. The van der Waals surface area contributed by atoms with Crippen LogP contribution in [-0.4, -0.2) is 6.71 Å². The third kappa shape index (κ3) is 4.50. The van der Waals surface area contributed by atoms with Crippen LogP contribution in [0.1, 0.15) is 0 Å². The molecule has 2 nitrogen and oxygen atoms in total. The highest BCUT2D eigenvalue weighted by Crippen LogP contribution is 2.49. The molecule has 0 aromatic heterocycles. The van der Waals surface area contributed by atoms with Gasteiger partial charge in [0.1, 0.15) is 0 Å². The second-order valence-corrected chi connectivity index (χ2v) is 14.9. The lowest BCUT2D eigenvalue weighted by atomic mass is 9.33. The van der Waals surface area contributed by atoms with Crippen molar-refractivity contribution < 1.29 is 0 Å². The third-order valence-corrected chi connectivity index (χ3v) is 11.9. The van der Waals surface area contributed by atoms with E-state index < -0.39 is 0 Å². The molecule has 12 rings (SSSR count). The first kappa shape index (κ1) is 30.4. The maximum absolute atomic E-state index is 2.54. The molecule has 55 heavy (non-hydrogen) atoms. The monoisotopic (exact) mass is 696 g/mol. The number of hydrogen-bond acceptors (Lipinski definition) is 2. The van der Waals surface area contributed by atoms with Gasteiger partial charge in [-0.15, -0.1) is 0 Å². The number of benzene rings is 10. The molecule has 0 saturated carbocycles. The second-order valence-electron chi connectivity index (χ2n) is 14.9. The summed E-state index contributed by atoms with van der Waals surface area (Å²) in [5, 5.41) is 10.0. The molecule has 0 N–H and O–H groups in total. The van der Waals surface area contributed by atoms with Gasteiger partial charge in [0.05, 0.1) is 0 Å². The summed E-state index contributed by atoms with van der Waals surface area (Å²) in [6.07, 6.45) is 0. The maximum atomic E-state index is 2.54. The predicted octanol–water partition coefficient (Wildman–Crippen LogP) is 12.0. The van der Waals surface area contributed by atoms with Crippen molar-refractivity contribution in [1.29, 1.82) is 0 Å². The fourth-order valence-electron chi connectivity index (χ4n) is 9.49. The Morgan fingerprint density at radius 3 is 1.29 bits per heavy atom. The Balaban J connectivity index is 1.23. The van der Waals surface area contributed by atoms with Crippen molar-refractivity contribution >= 4 is 100 Å². The van der Waals surface area contributed by atoms with Gasteiger partial charge in [-0.05, 0) is 114 Å². The molecule has 0 fully saturated rings. The van der Waals surface area contributed by atoms with Gasteiger partial charge in [0.2, 0.25) is 0 Å². The molecule has 0 amide bonds. The Morgan fingerprint density at radius 2 is 0.745 bits per heavy atom. The maximum Gasteiger partial charge on any atom is 0.252 e. The van der Waals surface area contributed by atoms with Gasteiger partial charge in [-0.3, -0.25) is 0 Å². The van der Waals surface area contributed by atoms with Crippen LogP contribution >= 0.6 is 0 Å². The Kier molecular flexibility index (Phi) is 6.46. The van der Waals surface area contributed by atoms with E-state index in [0.29, 0.717) is 0 Å². The summed E-state index contributed by atoms with van der Waals surface area (Å²) in [7, 11) is 0. The molecule has 0 spiro atoms. The van der Waals surface area contributed by atoms with Crippen molar-refractivity contribution in [1.82, 2.24) is 0 Å². The molecule has 3 heteroatoms. The van der Waals surface area contributed by atoms with Gasteiger partial charge < -0.3 is 9.80 Å². The van der Waals surface area contributed by atoms with Crippen molar-refractivity contribution in [3.8, 4) is 11.1 Å². The van der Waals surface area contributed by atoms with Crippen LogP contribution in [0.4, 0.5) is 34.1 Å². The van der Waals surface area contributed by atoms with Crippen LogP contribution in [0.3, 0.4) is 0 Å². The molecule has 0 unspecified atom stereocenters. The van der Waals surface area contributed by atoms with Gasteiger partial charge in [-0.25, -0.2) is 0 Å². The normalized spacial score (nSPS) is 13.0. The summed E-state index contributed by atoms with van der Waals surface area (Å²) >= 11 is 0. The van der Waals surface area contributed by atoms with Gasteiger partial charge in [0, 0.05) is 44.9 Å². The number of para-hydroxylation sites is 2. The minimum absolute atomic E-state index is 0.0288. The minimum atomic E-state index is 0.0288. The molecule has 2 aliphatic rings. The SMILES string of the molecule is c1ccc(N2c3cc(-c4ccc5cc6ccccc6cc5c4)cc4c3B(c3ccc5ccccc5c32)c2ccc3ccccc3c2N4c2ccccc2)cc1. The fraction of sp³-hybridized carbons (Fsp3) is 0. The van der Waals surface area contributed by atoms with Crippen LogP contribution in [0.5, 0.6) is 0 Å². The first-order chi connectivity index (χ1) is 27.3. The van der Waals surface area contributed by atoms with Gasteiger partial charge in [-0.2, -0.15) is 0 Å². The van der Waals surface area contributed by atoms with E-state index in [0.717, 1.165) is 11.4 Å². The number of rotatable bonds is 3. The number of fused-ring (bicyclic) bond motifs is 10. The zero-order valence-corrected chi connectivity index (χ0v) is 30.0. The molecule has 0 saturated heterocycles. The first-order valence-corrected chi connectivity index (χ1v) is 19.1. The lowest BCUT2D eigenvalue weighted by Crippen LogP contribution is -2.61. The quantitative estimate of drug-likeness (QED) is 0.134. The highest BCUT2D eigenvalue weighted by molar-refractivity contribution is 7.00. The van der Waals surface area contributed by atoms with Crippen molar-refractivity contribution in [3.63, 3.8) is 0 Å². The van der Waals surface area contributed by atoms with Crippen LogP contribution in [0.15, 0.2) is 200 Å². The Labute approximate surface area is 320 Å². The van der Waals surface area contributed by atoms with E-state index in [1.165, 1.54) is 93.4 Å². The van der Waals surface area contributed by atoms with Crippen molar-refractivity contribution in [2.75, 3.05) is 9.80 Å². The standard InChI is InChI=1S/C52H33BN2/c1-3-17-42(18-4-1)54-48-32-41(39-24-23-38-29-36-15-7-8-16-37(36)30-40(38)31-39)33-49-50(48)53(46-27-25-34-13-9-11-21-44(34)51(46)54)47-28-26-35-14-10-12-22-45(35)52(47)55(49)43-19-5-2-6-20-43/h1-33H. The van der Waals surface area contributed by atoms with Crippen molar-refractivity contribution in [2.24, 2.45) is 0 Å². The van der Waals surface area contributed by atoms with Crippen LogP contribution in [0.25, 0.3) is 54.2 Å². The number of hydrogen-bond donors (Lipinski definition) is 0. The Hall–Kier alpha value is -7.10. The summed E-state index contributed by atoms with van der Waals surface area (Å²) in [4.78, 5) is 5.08. The summed E-state index contributed by atoms with van der Waals surface area (Å²) in [6.45, 7) is 0.0288. The van der Waals surface area contributed by atoms with E-state index in [2.05, 4.69) is 210 Å². The molecule has 10 aromatic carbocycles. The van der Waals surface area contributed by atoms with Crippen LogP contribution in [-0.2, 0) is 0 Å². The summed E-state index contributed by atoms with van der Waals surface area (Å²) < 4.78 is 0. The average molecular weight is 697 g/mol. The second kappa shape index (κ2) is 11.7. The molecule has 2 aliphatic heterocycles. The average Bonchev–Trinajstić information content (AvgIpc) is 3.25. The topological polar surface area (TPSA) is 6.48 Å². The van der Waals surface area contributed by atoms with E-state index in [4.69, 9.17) is 0 Å². The molecule has 0 aliphatic carbocycles. The molecule has 0 atom stereocenters. The lowest BCUT2D eigenvalue weighted by Gasteiger charge is -2.45. The molecule has 10 aromatic rings. The highest BCUT2D eigenvalue weighted by atomic mass is 15.2. The van der Waals surface area contributed by atoms with E-state index in [9.17, 15) is 0 Å². The molecule has 2 heterocycles. The third-order valence-electron chi connectivity index (χ3n) is 11.9. The van der Waals surface area contributed by atoms with Crippen LogP contribution in [0, 0.1) is 0 Å². The van der Waals surface area contributed by atoms with E-state index >= 15 is 0 Å². The van der Waals surface area contributed by atoms with Crippen molar-refractivity contribution in [2.45, 2.75) is 0 Å². The summed E-state index contributed by atoms with van der Waals surface area (Å²) in [5.41, 5.74) is 13.6. The van der Waals surface area contributed by atoms with Gasteiger partial charge in [-0.1, -0.05) is 146 Å². The minimum Gasteiger partial charge on any atom is -0.311 e. The Bertz CT molecular complexity index is 3020. The molecule has 0 radical (unpaired) electrons. The smallest absolute Gasteiger partial charge is 0.252 e. The molecule has 0 bridgehead atoms. The van der Waals surface area contributed by atoms with Gasteiger partial charge in [0.15, 0.2) is 0 Å². The van der Waals surface area contributed by atoms with E-state index in [1.54, 1.807) is 0 Å². The predicted molar refractivity (Wildman–Crippen MR) is 236 cm³/mol. The van der Waals surface area contributed by atoms with Gasteiger partial charge >= 0.3 is 0 Å². The highest BCUT2D eigenvalue weighted by Gasteiger charge is 2.44. The number of anilines is 6. The Morgan fingerprint density at radius 1 is 0.309 bits per heavy atom. The zero-order chi connectivity index (χ0) is 36.0. The van der Waals surface area contributed by atoms with Gasteiger partial charge in [0.25, 0.3) is 6.71 Å². The van der Waals surface area contributed by atoms with Crippen LogP contribution < -0.4 is 26.2 Å². The molecular weight excluding hydrogens is 663 g/mol.